The van der Waals surface area contributed by atoms with Crippen LogP contribution in [0, 0.1) is 6.92 Å². The van der Waals surface area contributed by atoms with Crippen LogP contribution in [0.1, 0.15) is 24.5 Å². The van der Waals surface area contributed by atoms with E-state index in [1.165, 1.54) is 0 Å². The van der Waals surface area contributed by atoms with Crippen LogP contribution in [0.3, 0.4) is 0 Å². The molecule has 2 aromatic carbocycles. The Labute approximate surface area is 137 Å². The van der Waals surface area contributed by atoms with Crippen LogP contribution < -0.4 is 14.8 Å². The minimum atomic E-state index is -0.00730. The van der Waals surface area contributed by atoms with Crippen molar-refractivity contribution in [3.8, 4) is 11.5 Å². The van der Waals surface area contributed by atoms with Crippen LogP contribution >= 0.6 is 0 Å². The topological polar surface area (TPSA) is 47.6 Å². The quantitative estimate of drug-likeness (QED) is 0.841. The standard InChI is InChI=1S/C19H23NO3/c1-4-23-17-7-5-6-16(13-17)20-19(21)11-9-15-8-10-18(22-3)14(2)12-15/h5-8,10,12-13H,4,9,11H2,1-3H3,(H,20,21). The fraction of sp³-hybridized carbons (Fsp3) is 0.316. The summed E-state index contributed by atoms with van der Waals surface area (Å²) in [6.07, 6.45) is 1.13. The summed E-state index contributed by atoms with van der Waals surface area (Å²) >= 11 is 0. The molecular weight excluding hydrogens is 290 g/mol. The van der Waals surface area contributed by atoms with Crippen molar-refractivity contribution in [1.82, 2.24) is 0 Å². The fourth-order valence-corrected chi connectivity index (χ4v) is 2.41. The Morgan fingerprint density at radius 2 is 2.00 bits per heavy atom. The summed E-state index contributed by atoms with van der Waals surface area (Å²) in [6.45, 7) is 4.54. The lowest BCUT2D eigenvalue weighted by Gasteiger charge is -2.09. The molecule has 0 radical (unpaired) electrons. The SMILES string of the molecule is CCOc1cccc(NC(=O)CCc2ccc(OC)c(C)c2)c1. The Morgan fingerprint density at radius 3 is 2.70 bits per heavy atom. The van der Waals surface area contributed by atoms with E-state index in [4.69, 9.17) is 9.47 Å². The highest BCUT2D eigenvalue weighted by molar-refractivity contribution is 5.91. The minimum Gasteiger partial charge on any atom is -0.496 e. The molecule has 0 saturated heterocycles. The number of anilines is 1. The molecule has 0 spiro atoms. The zero-order valence-corrected chi connectivity index (χ0v) is 13.9. The average Bonchev–Trinajstić information content (AvgIpc) is 2.54. The van der Waals surface area contributed by atoms with E-state index in [0.717, 1.165) is 28.3 Å². The second-order valence-electron chi connectivity index (χ2n) is 5.31. The van der Waals surface area contributed by atoms with Crippen molar-refractivity contribution in [1.29, 1.82) is 0 Å². The van der Waals surface area contributed by atoms with E-state index in [0.29, 0.717) is 19.4 Å². The number of hydrogen-bond donors (Lipinski definition) is 1. The molecule has 4 nitrogen and oxygen atoms in total. The van der Waals surface area contributed by atoms with Crippen molar-refractivity contribution in [2.24, 2.45) is 0 Å². The number of nitrogens with one attached hydrogen (secondary N) is 1. The molecule has 2 aromatic rings. The highest BCUT2D eigenvalue weighted by Gasteiger charge is 2.06. The first-order valence-electron chi connectivity index (χ1n) is 7.78. The number of hydrogen-bond acceptors (Lipinski definition) is 3. The molecule has 0 unspecified atom stereocenters. The second kappa shape index (κ2) is 8.22. The van der Waals surface area contributed by atoms with Gasteiger partial charge in [-0.15, -0.1) is 0 Å². The van der Waals surface area contributed by atoms with Gasteiger partial charge >= 0.3 is 0 Å². The minimum absolute atomic E-state index is 0.00730. The highest BCUT2D eigenvalue weighted by atomic mass is 16.5. The summed E-state index contributed by atoms with van der Waals surface area (Å²) in [5.41, 5.74) is 2.96. The van der Waals surface area contributed by atoms with Crippen LogP contribution in [0.2, 0.25) is 0 Å². The van der Waals surface area contributed by atoms with Gasteiger partial charge in [0, 0.05) is 18.2 Å². The number of methoxy groups -OCH3 is 1. The Kier molecular flexibility index (Phi) is 6.03. The normalized spacial score (nSPS) is 10.2. The number of amides is 1. The third-order valence-electron chi connectivity index (χ3n) is 3.53. The van der Waals surface area contributed by atoms with Gasteiger partial charge in [-0.2, -0.15) is 0 Å². The molecule has 122 valence electrons. The van der Waals surface area contributed by atoms with E-state index in [1.807, 2.05) is 50.2 Å². The molecule has 0 bridgehead atoms. The van der Waals surface area contributed by atoms with Crippen LogP contribution in [0.15, 0.2) is 42.5 Å². The van der Waals surface area contributed by atoms with Gasteiger partial charge in [-0.25, -0.2) is 0 Å². The summed E-state index contributed by atoms with van der Waals surface area (Å²) in [4.78, 5) is 12.1. The third-order valence-corrected chi connectivity index (χ3v) is 3.53. The first-order valence-corrected chi connectivity index (χ1v) is 7.78. The fourth-order valence-electron chi connectivity index (χ4n) is 2.41. The van der Waals surface area contributed by atoms with Crippen LogP contribution in [0.5, 0.6) is 11.5 Å². The number of carbonyl (C=O) groups excluding carboxylic acids is 1. The summed E-state index contributed by atoms with van der Waals surface area (Å²) < 4.78 is 10.7. The van der Waals surface area contributed by atoms with E-state index >= 15 is 0 Å². The molecule has 2 rings (SSSR count). The van der Waals surface area contributed by atoms with Gasteiger partial charge in [-0.05, 0) is 49.6 Å². The lowest BCUT2D eigenvalue weighted by Crippen LogP contribution is -2.12. The smallest absolute Gasteiger partial charge is 0.224 e. The predicted octanol–water partition coefficient (Wildman–Crippen LogP) is 3.97. The van der Waals surface area contributed by atoms with Gasteiger partial charge in [0.05, 0.1) is 13.7 Å². The van der Waals surface area contributed by atoms with E-state index in [-0.39, 0.29) is 5.91 Å². The Hall–Kier alpha value is -2.49. The maximum atomic E-state index is 12.1. The Bertz CT molecular complexity index is 667. The molecule has 0 fully saturated rings. The molecule has 0 saturated carbocycles. The van der Waals surface area contributed by atoms with E-state index in [1.54, 1.807) is 7.11 Å². The zero-order chi connectivity index (χ0) is 16.7. The lowest BCUT2D eigenvalue weighted by molar-refractivity contribution is -0.116. The summed E-state index contributed by atoms with van der Waals surface area (Å²) in [7, 11) is 1.66. The Morgan fingerprint density at radius 1 is 1.17 bits per heavy atom. The van der Waals surface area contributed by atoms with Crippen molar-refractivity contribution in [2.45, 2.75) is 26.7 Å². The molecule has 1 amide bonds. The zero-order valence-electron chi connectivity index (χ0n) is 13.9. The molecule has 0 aliphatic rings. The summed E-state index contributed by atoms with van der Waals surface area (Å²) in [5.74, 6) is 1.62. The third kappa shape index (κ3) is 5.02. The molecule has 0 aromatic heterocycles. The summed E-state index contributed by atoms with van der Waals surface area (Å²) in [6, 6.07) is 13.4. The number of ether oxygens (including phenoxy) is 2. The molecule has 23 heavy (non-hydrogen) atoms. The number of benzene rings is 2. The van der Waals surface area contributed by atoms with Gasteiger partial charge in [0.1, 0.15) is 11.5 Å². The number of carbonyl (C=O) groups is 1. The van der Waals surface area contributed by atoms with Crippen molar-refractivity contribution >= 4 is 11.6 Å². The van der Waals surface area contributed by atoms with Gasteiger partial charge in [-0.1, -0.05) is 18.2 Å². The monoisotopic (exact) mass is 313 g/mol. The molecular formula is C19H23NO3. The summed E-state index contributed by atoms with van der Waals surface area (Å²) in [5, 5.41) is 2.90. The maximum absolute atomic E-state index is 12.1. The predicted molar refractivity (Wildman–Crippen MR) is 92.3 cm³/mol. The second-order valence-corrected chi connectivity index (χ2v) is 5.31. The molecule has 1 N–H and O–H groups in total. The number of rotatable bonds is 7. The van der Waals surface area contributed by atoms with E-state index in [9.17, 15) is 4.79 Å². The van der Waals surface area contributed by atoms with Crippen molar-refractivity contribution in [3.63, 3.8) is 0 Å². The Balaban J connectivity index is 1.90. The molecule has 0 heterocycles. The first-order chi connectivity index (χ1) is 11.1. The van der Waals surface area contributed by atoms with E-state index in [2.05, 4.69) is 11.4 Å². The van der Waals surface area contributed by atoms with Gasteiger partial charge in [0.15, 0.2) is 0 Å². The molecule has 0 atom stereocenters. The van der Waals surface area contributed by atoms with Crippen LogP contribution in [-0.4, -0.2) is 19.6 Å². The van der Waals surface area contributed by atoms with Gasteiger partial charge in [0.2, 0.25) is 5.91 Å². The van der Waals surface area contributed by atoms with Crippen LogP contribution in [0.25, 0.3) is 0 Å². The van der Waals surface area contributed by atoms with Gasteiger partial charge in [0.25, 0.3) is 0 Å². The highest BCUT2D eigenvalue weighted by Crippen LogP contribution is 2.20. The van der Waals surface area contributed by atoms with Crippen molar-refractivity contribution < 1.29 is 14.3 Å². The number of aryl methyl sites for hydroxylation is 2. The van der Waals surface area contributed by atoms with Crippen LogP contribution in [0.4, 0.5) is 5.69 Å². The van der Waals surface area contributed by atoms with Gasteiger partial charge in [-0.3, -0.25) is 4.79 Å². The lowest BCUT2D eigenvalue weighted by atomic mass is 10.1. The average molecular weight is 313 g/mol. The van der Waals surface area contributed by atoms with Crippen molar-refractivity contribution in [3.05, 3.63) is 53.6 Å². The largest absolute Gasteiger partial charge is 0.496 e. The molecule has 4 heteroatoms. The van der Waals surface area contributed by atoms with E-state index < -0.39 is 0 Å². The van der Waals surface area contributed by atoms with Crippen LogP contribution in [-0.2, 0) is 11.2 Å². The van der Waals surface area contributed by atoms with Gasteiger partial charge < -0.3 is 14.8 Å². The molecule has 0 aliphatic heterocycles. The van der Waals surface area contributed by atoms with Crippen molar-refractivity contribution in [2.75, 3.05) is 19.0 Å². The first kappa shape index (κ1) is 16.9. The maximum Gasteiger partial charge on any atom is 0.224 e. The molecule has 0 aliphatic carbocycles.